The molecule has 3 fully saturated rings. The summed E-state index contributed by atoms with van der Waals surface area (Å²) < 4.78 is 5.55. The summed E-state index contributed by atoms with van der Waals surface area (Å²) >= 11 is 0. The Morgan fingerprint density at radius 3 is 2.70 bits per heavy atom. The Morgan fingerprint density at radius 1 is 1.13 bits per heavy atom. The summed E-state index contributed by atoms with van der Waals surface area (Å²) in [6.07, 6.45) is 7.29. The number of piperidine rings is 1. The summed E-state index contributed by atoms with van der Waals surface area (Å²) in [6.45, 7) is 10.1. The molecule has 0 aromatic carbocycles. The van der Waals surface area contributed by atoms with Crippen LogP contribution in [0, 0.1) is 0 Å². The van der Waals surface area contributed by atoms with Crippen LogP contribution >= 0.6 is 0 Å². The predicted molar refractivity (Wildman–Crippen MR) is 91.6 cm³/mol. The zero-order valence-corrected chi connectivity index (χ0v) is 15.0. The van der Waals surface area contributed by atoms with Gasteiger partial charge in [-0.15, -0.1) is 0 Å². The summed E-state index contributed by atoms with van der Waals surface area (Å²) in [7, 11) is 0. The van der Waals surface area contributed by atoms with Crippen LogP contribution in [0.1, 0.15) is 59.3 Å². The Labute approximate surface area is 140 Å². The Hall–Kier alpha value is -0.810. The van der Waals surface area contributed by atoms with E-state index in [0.29, 0.717) is 12.1 Å². The van der Waals surface area contributed by atoms with Gasteiger partial charge in [0.05, 0.1) is 0 Å². The quantitative estimate of drug-likeness (QED) is 0.867. The first kappa shape index (κ1) is 17.0. The maximum atomic E-state index is 12.3. The van der Waals surface area contributed by atoms with E-state index in [9.17, 15) is 4.79 Å². The molecule has 0 aliphatic carbocycles. The van der Waals surface area contributed by atoms with Crippen molar-refractivity contribution in [3.05, 3.63) is 0 Å². The maximum Gasteiger partial charge on any atom is 0.410 e. The topological polar surface area (TPSA) is 44.8 Å². The van der Waals surface area contributed by atoms with E-state index >= 15 is 0 Å². The number of hydrogen-bond donors (Lipinski definition) is 1. The van der Waals surface area contributed by atoms with Gasteiger partial charge < -0.3 is 19.9 Å². The van der Waals surface area contributed by atoms with Crippen LogP contribution in [0.4, 0.5) is 4.79 Å². The van der Waals surface area contributed by atoms with Gasteiger partial charge >= 0.3 is 6.09 Å². The van der Waals surface area contributed by atoms with Crippen LogP contribution in [0.15, 0.2) is 0 Å². The van der Waals surface area contributed by atoms with E-state index in [1.807, 2.05) is 25.7 Å². The zero-order chi connectivity index (χ0) is 16.4. The van der Waals surface area contributed by atoms with Gasteiger partial charge in [-0.05, 0) is 72.4 Å². The Kier molecular flexibility index (Phi) is 5.16. The first-order chi connectivity index (χ1) is 10.9. The third kappa shape index (κ3) is 4.38. The van der Waals surface area contributed by atoms with Crippen LogP contribution in [0.3, 0.4) is 0 Å². The van der Waals surface area contributed by atoms with Crippen molar-refractivity contribution in [2.45, 2.75) is 83.0 Å². The molecule has 3 aliphatic heterocycles. The lowest BCUT2D eigenvalue weighted by Crippen LogP contribution is -2.50. The van der Waals surface area contributed by atoms with E-state index in [1.54, 1.807) is 0 Å². The molecular weight excluding hydrogens is 290 g/mol. The molecule has 3 unspecified atom stereocenters. The highest BCUT2D eigenvalue weighted by Crippen LogP contribution is 2.27. The number of nitrogens with one attached hydrogen (secondary N) is 1. The van der Waals surface area contributed by atoms with Crippen LogP contribution < -0.4 is 5.32 Å². The first-order valence-corrected chi connectivity index (χ1v) is 9.39. The number of carbonyl (C=O) groups excluding carboxylic acids is 1. The minimum Gasteiger partial charge on any atom is -0.444 e. The second-order valence-electron chi connectivity index (χ2n) is 8.43. The van der Waals surface area contributed by atoms with Crippen LogP contribution in [-0.4, -0.2) is 65.8 Å². The maximum absolute atomic E-state index is 12.3. The number of likely N-dealkylation sites (tertiary alicyclic amines) is 1. The van der Waals surface area contributed by atoms with Gasteiger partial charge in [0, 0.05) is 31.2 Å². The molecule has 3 rings (SSSR count). The highest BCUT2D eigenvalue weighted by molar-refractivity contribution is 5.69. The Morgan fingerprint density at radius 2 is 1.91 bits per heavy atom. The van der Waals surface area contributed by atoms with Crippen molar-refractivity contribution < 1.29 is 9.53 Å². The minimum absolute atomic E-state index is 0.146. The molecule has 0 bridgehead atoms. The van der Waals surface area contributed by atoms with Gasteiger partial charge in [-0.1, -0.05) is 0 Å². The third-order valence-electron chi connectivity index (χ3n) is 5.47. The van der Waals surface area contributed by atoms with Gasteiger partial charge in [0.25, 0.3) is 0 Å². The molecule has 23 heavy (non-hydrogen) atoms. The molecular formula is C18H33N3O2. The first-order valence-electron chi connectivity index (χ1n) is 9.39. The fourth-order valence-corrected chi connectivity index (χ4v) is 4.32. The average Bonchev–Trinajstić information content (AvgIpc) is 3.11. The lowest BCUT2D eigenvalue weighted by Gasteiger charge is -2.36. The van der Waals surface area contributed by atoms with E-state index < -0.39 is 5.60 Å². The van der Waals surface area contributed by atoms with Crippen molar-refractivity contribution in [1.29, 1.82) is 0 Å². The number of fused-ring (bicyclic) bond motifs is 1. The molecule has 3 saturated heterocycles. The summed E-state index contributed by atoms with van der Waals surface area (Å²) in [5.41, 5.74) is -0.410. The molecule has 132 valence electrons. The van der Waals surface area contributed by atoms with Crippen molar-refractivity contribution >= 4 is 6.09 Å². The summed E-state index contributed by atoms with van der Waals surface area (Å²) in [5, 5.41) is 3.75. The zero-order valence-electron chi connectivity index (χ0n) is 15.0. The van der Waals surface area contributed by atoms with Crippen LogP contribution in [0.5, 0.6) is 0 Å². The van der Waals surface area contributed by atoms with Gasteiger partial charge in [0.2, 0.25) is 0 Å². The van der Waals surface area contributed by atoms with Gasteiger partial charge in [0.1, 0.15) is 5.60 Å². The molecule has 0 saturated carbocycles. The molecule has 1 amide bonds. The monoisotopic (exact) mass is 323 g/mol. The van der Waals surface area contributed by atoms with Gasteiger partial charge in [0.15, 0.2) is 0 Å². The second kappa shape index (κ2) is 6.98. The highest BCUT2D eigenvalue weighted by atomic mass is 16.6. The predicted octanol–water partition coefficient (Wildman–Crippen LogP) is 2.60. The number of ether oxygens (including phenoxy) is 1. The molecule has 0 aromatic rings. The number of amides is 1. The van der Waals surface area contributed by atoms with Crippen molar-refractivity contribution in [1.82, 2.24) is 15.1 Å². The second-order valence-corrected chi connectivity index (χ2v) is 8.43. The number of hydrogen-bond acceptors (Lipinski definition) is 4. The van der Waals surface area contributed by atoms with Gasteiger partial charge in [-0.25, -0.2) is 4.79 Å². The van der Waals surface area contributed by atoms with Crippen molar-refractivity contribution in [2.75, 3.05) is 26.2 Å². The lowest BCUT2D eigenvalue weighted by molar-refractivity contribution is 0.0222. The largest absolute Gasteiger partial charge is 0.444 e. The smallest absolute Gasteiger partial charge is 0.410 e. The van der Waals surface area contributed by atoms with Crippen LogP contribution in [0.2, 0.25) is 0 Å². The van der Waals surface area contributed by atoms with Gasteiger partial charge in [-0.2, -0.15) is 0 Å². The van der Waals surface area contributed by atoms with Crippen molar-refractivity contribution in [3.63, 3.8) is 0 Å². The molecule has 1 N–H and O–H groups in total. The van der Waals surface area contributed by atoms with E-state index in [4.69, 9.17) is 4.74 Å². The molecule has 0 spiro atoms. The normalized spacial score (nSPS) is 32.1. The van der Waals surface area contributed by atoms with Gasteiger partial charge in [-0.3, -0.25) is 0 Å². The highest BCUT2D eigenvalue weighted by Gasteiger charge is 2.34. The molecule has 3 atom stereocenters. The number of nitrogens with zero attached hydrogens (tertiary/aromatic N) is 2. The molecule has 0 aromatic heterocycles. The molecule has 5 heteroatoms. The molecule has 0 radical (unpaired) electrons. The Balaban J connectivity index is 1.46. The van der Waals surface area contributed by atoms with E-state index in [2.05, 4.69) is 10.2 Å². The van der Waals surface area contributed by atoms with Crippen molar-refractivity contribution in [3.8, 4) is 0 Å². The summed E-state index contributed by atoms with van der Waals surface area (Å²) in [5.74, 6) is 0. The summed E-state index contributed by atoms with van der Waals surface area (Å²) in [4.78, 5) is 16.9. The van der Waals surface area contributed by atoms with E-state index in [-0.39, 0.29) is 6.09 Å². The fraction of sp³-hybridized carbons (Fsp3) is 0.944. The lowest BCUT2D eigenvalue weighted by atomic mass is 9.97. The Bertz CT molecular complexity index is 421. The van der Waals surface area contributed by atoms with Crippen molar-refractivity contribution in [2.24, 2.45) is 0 Å². The van der Waals surface area contributed by atoms with Crippen LogP contribution in [0.25, 0.3) is 0 Å². The number of carbonyl (C=O) groups is 1. The molecule has 3 aliphatic rings. The third-order valence-corrected chi connectivity index (χ3v) is 5.47. The molecule has 3 heterocycles. The van der Waals surface area contributed by atoms with Crippen LogP contribution in [-0.2, 0) is 4.74 Å². The standard InChI is InChI=1S/C18H33N3O2/c1-18(2,3)23-17(22)21-10-5-7-16(21)13-19-14-8-11-20-9-4-6-15(20)12-14/h14-16,19H,4-13H2,1-3H3. The van der Waals surface area contributed by atoms with E-state index in [0.717, 1.165) is 32.0 Å². The average molecular weight is 323 g/mol. The summed E-state index contributed by atoms with van der Waals surface area (Å²) in [6, 6.07) is 1.72. The fourth-order valence-electron chi connectivity index (χ4n) is 4.32. The van der Waals surface area contributed by atoms with E-state index in [1.165, 1.54) is 38.8 Å². The molecule has 5 nitrogen and oxygen atoms in total. The number of rotatable bonds is 3. The SMILES string of the molecule is CC(C)(C)OC(=O)N1CCCC1CNC1CCN2CCCC2C1. The minimum atomic E-state index is -0.410.